The van der Waals surface area contributed by atoms with Gasteiger partial charge >= 0.3 is 0 Å². The van der Waals surface area contributed by atoms with E-state index in [2.05, 4.69) is 24.0 Å². The minimum Gasteiger partial charge on any atom is -0.423 e. The highest BCUT2D eigenvalue weighted by atomic mass is 16.4. The molecule has 3 heteroatoms. The van der Waals surface area contributed by atoms with Crippen LogP contribution in [-0.4, -0.2) is 19.1 Å². The van der Waals surface area contributed by atoms with E-state index in [9.17, 15) is 0 Å². The number of anilines is 1. The van der Waals surface area contributed by atoms with E-state index in [-0.39, 0.29) is 0 Å². The van der Waals surface area contributed by atoms with Crippen molar-refractivity contribution in [2.75, 3.05) is 19.0 Å². The van der Waals surface area contributed by atoms with Gasteiger partial charge in [0, 0.05) is 19.7 Å². The average molecular weight is 202 g/mol. The molecule has 2 aromatic rings. The molecule has 0 bridgehead atoms. The van der Waals surface area contributed by atoms with E-state index in [0.29, 0.717) is 6.01 Å². The average Bonchev–Trinajstić information content (AvgIpc) is 2.68. The van der Waals surface area contributed by atoms with Gasteiger partial charge in [-0.3, -0.25) is 0 Å². The first-order valence-corrected chi connectivity index (χ1v) is 4.87. The highest BCUT2D eigenvalue weighted by Gasteiger charge is 2.06. The van der Waals surface area contributed by atoms with Gasteiger partial charge in [-0.2, -0.15) is 0 Å². The number of oxazole rings is 1. The van der Waals surface area contributed by atoms with Crippen LogP contribution in [0.1, 0.15) is 5.56 Å². The van der Waals surface area contributed by atoms with Gasteiger partial charge in [0.05, 0.1) is 6.20 Å². The van der Waals surface area contributed by atoms with Crippen molar-refractivity contribution in [2.24, 2.45) is 0 Å². The summed E-state index contributed by atoms with van der Waals surface area (Å²) >= 11 is 0. The third kappa shape index (κ3) is 2.01. The summed E-state index contributed by atoms with van der Waals surface area (Å²) < 4.78 is 5.59. The number of nitrogens with zero attached hydrogens (tertiary/aromatic N) is 2. The van der Waals surface area contributed by atoms with Crippen molar-refractivity contribution in [3.05, 3.63) is 36.0 Å². The second-order valence-electron chi connectivity index (χ2n) is 3.77. The first-order chi connectivity index (χ1) is 7.16. The molecule has 0 amide bonds. The minimum atomic E-state index is 0.630. The third-order valence-electron chi connectivity index (χ3n) is 2.21. The van der Waals surface area contributed by atoms with Crippen molar-refractivity contribution in [3.8, 4) is 11.3 Å². The van der Waals surface area contributed by atoms with Crippen molar-refractivity contribution >= 4 is 6.01 Å². The normalized spacial score (nSPS) is 10.3. The van der Waals surface area contributed by atoms with Gasteiger partial charge in [0.2, 0.25) is 0 Å². The number of aryl methyl sites for hydroxylation is 1. The van der Waals surface area contributed by atoms with Gasteiger partial charge in [-0.15, -0.1) is 0 Å². The molecule has 3 nitrogen and oxygen atoms in total. The molecule has 0 radical (unpaired) electrons. The molecule has 2 rings (SSSR count). The molecule has 0 saturated carbocycles. The van der Waals surface area contributed by atoms with Crippen LogP contribution in [-0.2, 0) is 0 Å². The van der Waals surface area contributed by atoms with Gasteiger partial charge in [-0.25, -0.2) is 4.98 Å². The van der Waals surface area contributed by atoms with Gasteiger partial charge in [0.25, 0.3) is 6.01 Å². The van der Waals surface area contributed by atoms with Gasteiger partial charge in [0.15, 0.2) is 5.76 Å². The monoisotopic (exact) mass is 202 g/mol. The molecule has 0 unspecified atom stereocenters. The van der Waals surface area contributed by atoms with Gasteiger partial charge in [0.1, 0.15) is 0 Å². The molecule has 15 heavy (non-hydrogen) atoms. The van der Waals surface area contributed by atoms with E-state index >= 15 is 0 Å². The number of hydrogen-bond acceptors (Lipinski definition) is 3. The van der Waals surface area contributed by atoms with E-state index in [4.69, 9.17) is 4.42 Å². The molecule has 0 aliphatic rings. The van der Waals surface area contributed by atoms with Gasteiger partial charge in [-0.05, 0) is 6.92 Å². The molecular weight excluding hydrogens is 188 g/mol. The smallest absolute Gasteiger partial charge is 0.297 e. The van der Waals surface area contributed by atoms with Crippen LogP contribution in [0.4, 0.5) is 6.01 Å². The van der Waals surface area contributed by atoms with Crippen LogP contribution in [0.5, 0.6) is 0 Å². The van der Waals surface area contributed by atoms with Crippen LogP contribution in [0.15, 0.2) is 34.9 Å². The fraction of sp³-hybridized carbons (Fsp3) is 0.250. The lowest BCUT2D eigenvalue weighted by atomic mass is 10.1. The van der Waals surface area contributed by atoms with Crippen LogP contribution < -0.4 is 4.90 Å². The molecule has 1 aromatic heterocycles. The van der Waals surface area contributed by atoms with Crippen LogP contribution in [0.25, 0.3) is 11.3 Å². The van der Waals surface area contributed by atoms with Gasteiger partial charge < -0.3 is 9.32 Å². The van der Waals surface area contributed by atoms with Crippen molar-refractivity contribution in [3.63, 3.8) is 0 Å². The zero-order valence-corrected chi connectivity index (χ0v) is 9.19. The second kappa shape index (κ2) is 3.77. The molecule has 1 aromatic carbocycles. The summed E-state index contributed by atoms with van der Waals surface area (Å²) in [5.74, 6) is 0.804. The Morgan fingerprint density at radius 1 is 1.13 bits per heavy atom. The first-order valence-electron chi connectivity index (χ1n) is 4.87. The molecule has 0 atom stereocenters. The molecule has 0 aliphatic heterocycles. The highest BCUT2D eigenvalue weighted by Crippen LogP contribution is 2.23. The molecule has 1 heterocycles. The van der Waals surface area contributed by atoms with Crippen molar-refractivity contribution in [1.82, 2.24) is 4.98 Å². The second-order valence-corrected chi connectivity index (χ2v) is 3.77. The summed E-state index contributed by atoms with van der Waals surface area (Å²) in [5, 5.41) is 0. The number of hydrogen-bond donors (Lipinski definition) is 0. The van der Waals surface area contributed by atoms with E-state index in [1.165, 1.54) is 5.56 Å². The molecule has 78 valence electrons. The Labute approximate surface area is 89.4 Å². The Hall–Kier alpha value is -1.77. The maximum atomic E-state index is 5.59. The summed E-state index contributed by atoms with van der Waals surface area (Å²) in [4.78, 5) is 6.02. The summed E-state index contributed by atoms with van der Waals surface area (Å²) in [6.07, 6.45) is 1.75. The fourth-order valence-electron chi connectivity index (χ4n) is 1.32. The fourth-order valence-corrected chi connectivity index (χ4v) is 1.32. The summed E-state index contributed by atoms with van der Waals surface area (Å²) in [7, 11) is 3.81. The highest BCUT2D eigenvalue weighted by molar-refractivity contribution is 5.57. The molecule has 0 aliphatic carbocycles. The van der Waals surface area contributed by atoms with Crippen molar-refractivity contribution in [1.29, 1.82) is 0 Å². The Morgan fingerprint density at radius 2 is 1.80 bits per heavy atom. The van der Waals surface area contributed by atoms with Crippen LogP contribution >= 0.6 is 0 Å². The van der Waals surface area contributed by atoms with Crippen LogP contribution in [0.3, 0.4) is 0 Å². The lowest BCUT2D eigenvalue weighted by Crippen LogP contribution is -2.08. The Morgan fingerprint density at radius 3 is 2.33 bits per heavy atom. The Bertz CT molecular complexity index is 443. The Balaban J connectivity index is 2.33. The molecular formula is C12H14N2O. The maximum absolute atomic E-state index is 5.59. The van der Waals surface area contributed by atoms with E-state index in [1.54, 1.807) is 6.20 Å². The Kier molecular flexibility index (Phi) is 2.46. The van der Waals surface area contributed by atoms with Crippen LogP contribution in [0, 0.1) is 6.92 Å². The summed E-state index contributed by atoms with van der Waals surface area (Å²) in [6.45, 7) is 2.06. The van der Waals surface area contributed by atoms with E-state index < -0.39 is 0 Å². The van der Waals surface area contributed by atoms with E-state index in [1.807, 2.05) is 31.1 Å². The molecule has 0 spiro atoms. The zero-order valence-electron chi connectivity index (χ0n) is 9.19. The quantitative estimate of drug-likeness (QED) is 0.749. The number of rotatable bonds is 2. The zero-order chi connectivity index (χ0) is 10.8. The topological polar surface area (TPSA) is 29.3 Å². The van der Waals surface area contributed by atoms with E-state index in [0.717, 1.165) is 11.3 Å². The summed E-state index contributed by atoms with van der Waals surface area (Å²) in [6, 6.07) is 8.83. The molecule has 0 fully saturated rings. The first kappa shape index (κ1) is 9.77. The summed E-state index contributed by atoms with van der Waals surface area (Å²) in [5.41, 5.74) is 2.30. The van der Waals surface area contributed by atoms with Crippen molar-refractivity contribution in [2.45, 2.75) is 6.92 Å². The van der Waals surface area contributed by atoms with Crippen LogP contribution in [0.2, 0.25) is 0 Å². The third-order valence-corrected chi connectivity index (χ3v) is 2.21. The maximum Gasteiger partial charge on any atom is 0.297 e. The van der Waals surface area contributed by atoms with Crippen molar-refractivity contribution < 1.29 is 4.42 Å². The number of aromatic nitrogens is 1. The predicted octanol–water partition coefficient (Wildman–Crippen LogP) is 2.72. The largest absolute Gasteiger partial charge is 0.423 e. The predicted molar refractivity (Wildman–Crippen MR) is 61.0 cm³/mol. The van der Waals surface area contributed by atoms with Gasteiger partial charge in [-0.1, -0.05) is 29.8 Å². The molecule has 0 saturated heterocycles. The minimum absolute atomic E-state index is 0.630. The lowest BCUT2D eigenvalue weighted by molar-refractivity contribution is 0.569. The standard InChI is InChI=1S/C12H14N2O/c1-9-4-6-10(7-5-9)11-8-13-12(15-11)14(2)3/h4-8H,1-3H3. The SMILES string of the molecule is Cc1ccc(-c2cnc(N(C)C)o2)cc1. The molecule has 0 N–H and O–H groups in total. The number of benzene rings is 1. The lowest BCUT2D eigenvalue weighted by Gasteiger charge is -2.04.